The first-order chi connectivity index (χ1) is 10.3. The number of aryl methyl sites for hydroxylation is 1. The zero-order valence-corrected chi connectivity index (χ0v) is 12.5. The highest BCUT2D eigenvalue weighted by molar-refractivity contribution is 5.29. The second-order valence-corrected chi connectivity index (χ2v) is 5.04. The minimum Gasteiger partial charge on any atom is -0.494 e. The van der Waals surface area contributed by atoms with Crippen LogP contribution in [0.25, 0.3) is 0 Å². The molecule has 4 nitrogen and oxygen atoms in total. The highest BCUT2D eigenvalue weighted by Gasteiger charge is 2.10. The average Bonchev–Trinajstić information content (AvgIpc) is 2.55. The fourth-order valence-corrected chi connectivity index (χ4v) is 2.22. The number of aromatic nitrogens is 1. The Balaban J connectivity index is 1.94. The number of ether oxygens (including phenoxy) is 1. The Morgan fingerprint density at radius 2 is 2.05 bits per heavy atom. The monoisotopic (exact) mass is 285 g/mol. The number of hydrogen-bond donors (Lipinski definition) is 2. The number of nitrogens with zero attached hydrogens (tertiary/aromatic N) is 1. The van der Waals surface area contributed by atoms with Crippen LogP contribution in [0.3, 0.4) is 0 Å². The maximum absolute atomic E-state index is 5.69. The molecule has 1 aromatic carbocycles. The van der Waals surface area contributed by atoms with Crippen molar-refractivity contribution in [3.05, 3.63) is 59.9 Å². The van der Waals surface area contributed by atoms with Gasteiger partial charge in [-0.25, -0.2) is 0 Å². The van der Waals surface area contributed by atoms with Crippen LogP contribution in [0.4, 0.5) is 0 Å². The molecule has 0 bridgehead atoms. The van der Waals surface area contributed by atoms with E-state index < -0.39 is 0 Å². The first kappa shape index (κ1) is 15.5. The van der Waals surface area contributed by atoms with Crippen LogP contribution in [0.1, 0.15) is 36.9 Å². The van der Waals surface area contributed by atoms with Crippen LogP contribution in [0.5, 0.6) is 5.75 Å². The van der Waals surface area contributed by atoms with Gasteiger partial charge in [-0.05, 0) is 48.6 Å². The van der Waals surface area contributed by atoms with Gasteiger partial charge in [-0.1, -0.05) is 25.1 Å². The van der Waals surface area contributed by atoms with Gasteiger partial charge >= 0.3 is 0 Å². The van der Waals surface area contributed by atoms with Gasteiger partial charge < -0.3 is 4.74 Å². The van der Waals surface area contributed by atoms with Gasteiger partial charge in [-0.15, -0.1) is 0 Å². The summed E-state index contributed by atoms with van der Waals surface area (Å²) in [4.78, 5) is 4.13. The lowest BCUT2D eigenvalue weighted by molar-refractivity contribution is 0.317. The largest absolute Gasteiger partial charge is 0.494 e. The molecule has 0 spiro atoms. The zero-order valence-electron chi connectivity index (χ0n) is 12.5. The summed E-state index contributed by atoms with van der Waals surface area (Å²) in [5, 5.41) is 0. The Bertz CT molecular complexity index is 513. The van der Waals surface area contributed by atoms with Crippen molar-refractivity contribution in [2.45, 2.75) is 32.2 Å². The number of rotatable bonds is 8. The van der Waals surface area contributed by atoms with Gasteiger partial charge in [0.05, 0.1) is 6.61 Å². The van der Waals surface area contributed by atoms with E-state index in [0.29, 0.717) is 0 Å². The molecule has 0 aliphatic heterocycles. The fourth-order valence-electron chi connectivity index (χ4n) is 2.22. The van der Waals surface area contributed by atoms with Crippen LogP contribution in [-0.4, -0.2) is 11.6 Å². The lowest BCUT2D eigenvalue weighted by atomic mass is 10.00. The van der Waals surface area contributed by atoms with Crippen molar-refractivity contribution in [3.8, 4) is 5.75 Å². The van der Waals surface area contributed by atoms with Gasteiger partial charge in [0, 0.05) is 18.4 Å². The molecule has 21 heavy (non-hydrogen) atoms. The summed E-state index contributed by atoms with van der Waals surface area (Å²) >= 11 is 0. The van der Waals surface area contributed by atoms with Gasteiger partial charge in [0.1, 0.15) is 5.75 Å². The van der Waals surface area contributed by atoms with E-state index in [1.807, 2.05) is 24.4 Å². The molecule has 2 rings (SSSR count). The van der Waals surface area contributed by atoms with E-state index in [9.17, 15) is 0 Å². The molecule has 0 saturated heterocycles. The third-order valence-corrected chi connectivity index (χ3v) is 3.40. The molecule has 1 unspecified atom stereocenters. The van der Waals surface area contributed by atoms with Crippen molar-refractivity contribution in [1.29, 1.82) is 0 Å². The first-order valence-corrected chi connectivity index (χ1v) is 7.41. The van der Waals surface area contributed by atoms with E-state index in [-0.39, 0.29) is 6.04 Å². The summed E-state index contributed by atoms with van der Waals surface area (Å²) in [5.74, 6) is 6.60. The van der Waals surface area contributed by atoms with Crippen LogP contribution >= 0.6 is 0 Å². The number of nitrogens with two attached hydrogens (primary N) is 1. The highest BCUT2D eigenvalue weighted by atomic mass is 16.5. The molecule has 1 aromatic heterocycles. The zero-order chi connectivity index (χ0) is 14.9. The lowest BCUT2D eigenvalue weighted by Gasteiger charge is -2.17. The minimum atomic E-state index is 0.130. The molecular formula is C17H23N3O. The van der Waals surface area contributed by atoms with Crippen molar-refractivity contribution in [2.24, 2.45) is 5.84 Å². The van der Waals surface area contributed by atoms with Gasteiger partial charge in [0.25, 0.3) is 0 Å². The summed E-state index contributed by atoms with van der Waals surface area (Å²) < 4.78 is 5.59. The van der Waals surface area contributed by atoms with Crippen LogP contribution in [0.2, 0.25) is 0 Å². The lowest BCUT2D eigenvalue weighted by Crippen LogP contribution is -2.28. The number of hydrazine groups is 1. The van der Waals surface area contributed by atoms with Crippen molar-refractivity contribution in [1.82, 2.24) is 10.4 Å². The fraction of sp³-hybridized carbons (Fsp3) is 0.353. The second kappa shape index (κ2) is 8.39. The molecule has 0 saturated carbocycles. The third kappa shape index (κ3) is 4.85. The Hall–Kier alpha value is -1.91. The molecule has 0 amide bonds. The summed E-state index contributed by atoms with van der Waals surface area (Å²) in [7, 11) is 0. The summed E-state index contributed by atoms with van der Waals surface area (Å²) in [5.41, 5.74) is 5.28. The summed E-state index contributed by atoms with van der Waals surface area (Å²) in [6.07, 6.45) is 6.57. The topological polar surface area (TPSA) is 60.2 Å². The summed E-state index contributed by atoms with van der Waals surface area (Å²) in [6.45, 7) is 2.85. The molecule has 0 radical (unpaired) electrons. The van der Waals surface area contributed by atoms with Crippen LogP contribution < -0.4 is 16.0 Å². The molecule has 0 aliphatic rings. The normalized spacial score (nSPS) is 12.1. The maximum atomic E-state index is 5.69. The van der Waals surface area contributed by atoms with Gasteiger partial charge in [0.15, 0.2) is 0 Å². The molecule has 0 fully saturated rings. The predicted molar refractivity (Wildman–Crippen MR) is 84.9 cm³/mol. The molecule has 0 aliphatic carbocycles. The second-order valence-electron chi connectivity index (χ2n) is 5.04. The number of benzene rings is 1. The molecule has 3 N–H and O–H groups in total. The van der Waals surface area contributed by atoms with Crippen molar-refractivity contribution >= 4 is 0 Å². The van der Waals surface area contributed by atoms with E-state index in [0.717, 1.165) is 31.6 Å². The predicted octanol–water partition coefficient (Wildman–Crippen LogP) is 3.01. The average molecular weight is 285 g/mol. The SMILES string of the molecule is CCCOc1ccc(C(CCc2cccnc2)NN)cc1. The molecule has 2 aromatic rings. The number of hydrogen-bond acceptors (Lipinski definition) is 4. The van der Waals surface area contributed by atoms with Crippen LogP contribution in [0.15, 0.2) is 48.8 Å². The summed E-state index contributed by atoms with van der Waals surface area (Å²) in [6, 6.07) is 12.3. The Labute approximate surface area is 126 Å². The minimum absolute atomic E-state index is 0.130. The standard InChI is InChI=1S/C17H23N3O/c1-2-12-21-16-8-6-15(7-9-16)17(20-18)10-5-14-4-3-11-19-13-14/h3-4,6-9,11,13,17,20H,2,5,10,12,18H2,1H3. The van der Waals surface area contributed by atoms with Crippen molar-refractivity contribution in [3.63, 3.8) is 0 Å². The van der Waals surface area contributed by atoms with E-state index in [1.165, 1.54) is 11.1 Å². The number of pyridine rings is 1. The van der Waals surface area contributed by atoms with Crippen molar-refractivity contribution < 1.29 is 4.74 Å². The molecule has 1 atom stereocenters. The quantitative estimate of drug-likeness (QED) is 0.578. The Kier molecular flexibility index (Phi) is 6.19. The Morgan fingerprint density at radius 1 is 1.24 bits per heavy atom. The smallest absolute Gasteiger partial charge is 0.119 e. The number of nitrogens with one attached hydrogen (secondary N) is 1. The molecule has 112 valence electrons. The van der Waals surface area contributed by atoms with E-state index in [2.05, 4.69) is 35.5 Å². The van der Waals surface area contributed by atoms with Crippen molar-refractivity contribution in [2.75, 3.05) is 6.61 Å². The van der Waals surface area contributed by atoms with Gasteiger partial charge in [-0.3, -0.25) is 16.3 Å². The van der Waals surface area contributed by atoms with E-state index in [1.54, 1.807) is 6.20 Å². The maximum Gasteiger partial charge on any atom is 0.119 e. The molecule has 1 heterocycles. The van der Waals surface area contributed by atoms with E-state index in [4.69, 9.17) is 10.6 Å². The molecule has 4 heteroatoms. The first-order valence-electron chi connectivity index (χ1n) is 7.41. The van der Waals surface area contributed by atoms with E-state index >= 15 is 0 Å². The van der Waals surface area contributed by atoms with Gasteiger partial charge in [0.2, 0.25) is 0 Å². The third-order valence-electron chi connectivity index (χ3n) is 3.40. The Morgan fingerprint density at radius 3 is 2.67 bits per heavy atom. The molecular weight excluding hydrogens is 262 g/mol. The van der Waals surface area contributed by atoms with Gasteiger partial charge in [-0.2, -0.15) is 0 Å². The van der Waals surface area contributed by atoms with Crippen LogP contribution in [-0.2, 0) is 6.42 Å². The van der Waals surface area contributed by atoms with Crippen LogP contribution in [0, 0.1) is 0 Å². The highest BCUT2D eigenvalue weighted by Crippen LogP contribution is 2.21.